The van der Waals surface area contributed by atoms with Crippen molar-refractivity contribution >= 4 is 21.8 Å². The molecule has 0 saturated heterocycles. The fraction of sp³-hybridized carbons (Fsp3) is 0.462. The van der Waals surface area contributed by atoms with Gasteiger partial charge in [-0.25, -0.2) is 5.84 Å². The predicted molar refractivity (Wildman–Crippen MR) is 76.7 cm³/mol. The van der Waals surface area contributed by atoms with Crippen LogP contribution in [0.15, 0.2) is 28.7 Å². The van der Waals surface area contributed by atoms with E-state index in [1.807, 2.05) is 12.1 Å². The van der Waals surface area contributed by atoms with Gasteiger partial charge in [0.05, 0.1) is 0 Å². The molecule has 1 aromatic rings. The molecule has 0 radical (unpaired) electrons. The van der Waals surface area contributed by atoms with Crippen molar-refractivity contribution in [3.05, 3.63) is 34.3 Å². The zero-order chi connectivity index (χ0) is 13.4. The monoisotopic (exact) mass is 313 g/mol. The number of carbonyl (C=O) groups is 1. The van der Waals surface area contributed by atoms with Crippen LogP contribution in [0.4, 0.5) is 0 Å². The third-order valence-electron chi connectivity index (χ3n) is 2.70. The van der Waals surface area contributed by atoms with Gasteiger partial charge in [-0.15, -0.1) is 0 Å². The first-order valence-electron chi connectivity index (χ1n) is 6.04. The molecule has 0 aliphatic carbocycles. The molecule has 0 fully saturated rings. The minimum atomic E-state index is -0.0929. The van der Waals surface area contributed by atoms with Crippen LogP contribution in [0.2, 0.25) is 0 Å². The van der Waals surface area contributed by atoms with Gasteiger partial charge in [0, 0.05) is 17.4 Å². The van der Waals surface area contributed by atoms with Crippen molar-refractivity contribution < 1.29 is 4.79 Å². The summed E-state index contributed by atoms with van der Waals surface area (Å²) in [5.74, 6) is 4.92. The Morgan fingerprint density at radius 3 is 2.89 bits per heavy atom. The largest absolute Gasteiger partial charge is 0.302 e. The van der Waals surface area contributed by atoms with Gasteiger partial charge in [0.1, 0.15) is 0 Å². The van der Waals surface area contributed by atoms with E-state index in [4.69, 9.17) is 5.84 Å². The first-order valence-corrected chi connectivity index (χ1v) is 6.83. The van der Waals surface area contributed by atoms with Crippen molar-refractivity contribution in [1.82, 2.24) is 10.3 Å². The van der Waals surface area contributed by atoms with E-state index in [1.165, 1.54) is 5.56 Å². The molecule has 1 rings (SSSR count). The maximum atomic E-state index is 10.9. The Balaban J connectivity index is 2.21. The lowest BCUT2D eigenvalue weighted by Gasteiger charge is -2.16. The molecule has 18 heavy (non-hydrogen) atoms. The van der Waals surface area contributed by atoms with E-state index < -0.39 is 0 Å². The summed E-state index contributed by atoms with van der Waals surface area (Å²) >= 11 is 3.46. The lowest BCUT2D eigenvalue weighted by atomic mass is 10.2. The summed E-state index contributed by atoms with van der Waals surface area (Å²) in [6, 6.07) is 8.30. The fourth-order valence-electron chi connectivity index (χ4n) is 1.77. The number of nitrogens with one attached hydrogen (secondary N) is 1. The number of rotatable bonds is 7. The second-order valence-electron chi connectivity index (χ2n) is 4.39. The third kappa shape index (κ3) is 6.14. The highest BCUT2D eigenvalue weighted by Crippen LogP contribution is 2.13. The maximum absolute atomic E-state index is 10.9. The third-order valence-corrected chi connectivity index (χ3v) is 3.19. The van der Waals surface area contributed by atoms with E-state index in [0.29, 0.717) is 6.42 Å². The molecule has 0 aromatic heterocycles. The molecule has 1 amide bonds. The fourth-order valence-corrected chi connectivity index (χ4v) is 2.21. The Hall–Kier alpha value is -0.910. The average Bonchev–Trinajstić information content (AvgIpc) is 2.34. The van der Waals surface area contributed by atoms with Gasteiger partial charge in [-0.05, 0) is 44.1 Å². The Bertz CT molecular complexity index is 384. The molecule has 1 aromatic carbocycles. The molecule has 0 saturated carbocycles. The van der Waals surface area contributed by atoms with Gasteiger partial charge in [0.2, 0.25) is 5.91 Å². The molecule has 0 aliphatic rings. The molecule has 0 heterocycles. The molecule has 5 heteroatoms. The number of hydrazine groups is 1. The van der Waals surface area contributed by atoms with E-state index >= 15 is 0 Å². The number of benzene rings is 1. The van der Waals surface area contributed by atoms with Gasteiger partial charge in [0.15, 0.2) is 0 Å². The minimum Gasteiger partial charge on any atom is -0.302 e. The van der Waals surface area contributed by atoms with Crippen molar-refractivity contribution in [2.75, 3.05) is 13.6 Å². The van der Waals surface area contributed by atoms with Crippen LogP contribution in [0.25, 0.3) is 0 Å². The first kappa shape index (κ1) is 15.1. The highest BCUT2D eigenvalue weighted by atomic mass is 79.9. The summed E-state index contributed by atoms with van der Waals surface area (Å²) in [7, 11) is 2.09. The van der Waals surface area contributed by atoms with Gasteiger partial charge in [-0.3, -0.25) is 10.2 Å². The lowest BCUT2D eigenvalue weighted by Crippen LogP contribution is -2.29. The molecule has 0 aliphatic heterocycles. The van der Waals surface area contributed by atoms with Crippen LogP contribution in [0.3, 0.4) is 0 Å². The highest BCUT2D eigenvalue weighted by Gasteiger charge is 2.02. The summed E-state index contributed by atoms with van der Waals surface area (Å²) in [5, 5.41) is 0. The second kappa shape index (κ2) is 8.24. The topological polar surface area (TPSA) is 58.4 Å². The number of nitrogens with two attached hydrogens (primary N) is 1. The summed E-state index contributed by atoms with van der Waals surface area (Å²) in [5.41, 5.74) is 3.43. The quantitative estimate of drug-likeness (QED) is 0.350. The zero-order valence-corrected chi connectivity index (χ0v) is 12.2. The normalized spacial score (nSPS) is 10.7. The van der Waals surface area contributed by atoms with E-state index in [9.17, 15) is 4.79 Å². The Morgan fingerprint density at radius 1 is 1.44 bits per heavy atom. The minimum absolute atomic E-state index is 0.0929. The van der Waals surface area contributed by atoms with Crippen LogP contribution < -0.4 is 11.3 Å². The first-order chi connectivity index (χ1) is 8.61. The average molecular weight is 314 g/mol. The lowest BCUT2D eigenvalue weighted by molar-refractivity contribution is -0.121. The second-order valence-corrected chi connectivity index (χ2v) is 5.31. The van der Waals surface area contributed by atoms with E-state index in [0.717, 1.165) is 30.4 Å². The zero-order valence-electron chi connectivity index (χ0n) is 10.7. The maximum Gasteiger partial charge on any atom is 0.233 e. The standard InChI is InChI=1S/C13H20BrN3O/c1-17(8-3-2-7-13(18)16-15)10-11-5-4-6-12(14)9-11/h4-6,9H,2-3,7-8,10,15H2,1H3,(H,16,18). The van der Waals surface area contributed by atoms with E-state index in [2.05, 4.69) is 45.4 Å². The number of hydrogen-bond acceptors (Lipinski definition) is 3. The molecule has 0 spiro atoms. The van der Waals surface area contributed by atoms with Crippen LogP contribution in [0.5, 0.6) is 0 Å². The molecule has 0 atom stereocenters. The summed E-state index contributed by atoms with van der Waals surface area (Å²) in [6.07, 6.45) is 2.37. The van der Waals surface area contributed by atoms with Crippen LogP contribution in [-0.2, 0) is 11.3 Å². The Labute approximate surface area is 117 Å². The van der Waals surface area contributed by atoms with Crippen molar-refractivity contribution in [2.24, 2.45) is 5.84 Å². The summed E-state index contributed by atoms with van der Waals surface area (Å²) in [4.78, 5) is 13.2. The molecule has 3 N–H and O–H groups in total. The van der Waals surface area contributed by atoms with Gasteiger partial charge in [-0.1, -0.05) is 28.1 Å². The van der Waals surface area contributed by atoms with E-state index in [1.54, 1.807) is 0 Å². The van der Waals surface area contributed by atoms with Gasteiger partial charge in [0.25, 0.3) is 0 Å². The SMILES string of the molecule is CN(CCCCC(=O)NN)Cc1cccc(Br)c1. The molecule has 0 unspecified atom stereocenters. The molecule has 100 valence electrons. The van der Waals surface area contributed by atoms with Crippen LogP contribution in [-0.4, -0.2) is 24.4 Å². The number of unbranched alkanes of at least 4 members (excludes halogenated alkanes) is 1. The van der Waals surface area contributed by atoms with Crippen molar-refractivity contribution in [1.29, 1.82) is 0 Å². The number of nitrogens with zero attached hydrogens (tertiary/aromatic N) is 1. The highest BCUT2D eigenvalue weighted by molar-refractivity contribution is 9.10. The van der Waals surface area contributed by atoms with Crippen molar-refractivity contribution in [3.63, 3.8) is 0 Å². The van der Waals surface area contributed by atoms with Crippen LogP contribution in [0.1, 0.15) is 24.8 Å². The number of carbonyl (C=O) groups excluding carboxylic acids is 1. The smallest absolute Gasteiger partial charge is 0.233 e. The van der Waals surface area contributed by atoms with Crippen LogP contribution in [0, 0.1) is 0 Å². The predicted octanol–water partition coefficient (Wildman–Crippen LogP) is 2.04. The summed E-state index contributed by atoms with van der Waals surface area (Å²) in [6.45, 7) is 1.90. The Kier molecular flexibility index (Phi) is 6.93. The Morgan fingerprint density at radius 2 is 2.22 bits per heavy atom. The molecular weight excluding hydrogens is 294 g/mol. The van der Waals surface area contributed by atoms with Gasteiger partial charge in [-0.2, -0.15) is 0 Å². The molecular formula is C13H20BrN3O. The van der Waals surface area contributed by atoms with Gasteiger partial charge < -0.3 is 4.90 Å². The van der Waals surface area contributed by atoms with Crippen molar-refractivity contribution in [2.45, 2.75) is 25.8 Å². The van der Waals surface area contributed by atoms with E-state index in [-0.39, 0.29) is 5.91 Å². The molecule has 4 nitrogen and oxygen atoms in total. The van der Waals surface area contributed by atoms with Crippen molar-refractivity contribution in [3.8, 4) is 0 Å². The van der Waals surface area contributed by atoms with Gasteiger partial charge >= 0.3 is 0 Å². The number of hydrogen-bond donors (Lipinski definition) is 2. The molecule has 0 bridgehead atoms. The number of halogens is 1. The number of amides is 1. The van der Waals surface area contributed by atoms with Crippen LogP contribution >= 0.6 is 15.9 Å². The summed E-state index contributed by atoms with van der Waals surface area (Å²) < 4.78 is 1.10.